The van der Waals surface area contributed by atoms with Gasteiger partial charge in [-0.05, 0) is 12.1 Å². The summed E-state index contributed by atoms with van der Waals surface area (Å²) in [6.45, 7) is 0.314. The average molecular weight is 283 g/mol. The minimum Gasteiger partial charge on any atom is -0.361 e. The van der Waals surface area contributed by atoms with Gasteiger partial charge in [-0.25, -0.2) is 4.98 Å². The first-order valence-corrected chi connectivity index (χ1v) is 5.56. The SMILES string of the molecule is FC(F)(F)c1nnc2ccc(NCc3ncc[nH]3)nn12. The van der Waals surface area contributed by atoms with Gasteiger partial charge in [0.25, 0.3) is 5.82 Å². The summed E-state index contributed by atoms with van der Waals surface area (Å²) < 4.78 is 38.7. The fourth-order valence-electron chi connectivity index (χ4n) is 1.63. The van der Waals surface area contributed by atoms with E-state index in [2.05, 4.69) is 30.6 Å². The Morgan fingerprint density at radius 3 is 2.80 bits per heavy atom. The molecule has 10 heteroatoms. The minimum atomic E-state index is -4.61. The number of hydrogen-bond acceptors (Lipinski definition) is 5. The molecule has 0 aromatic carbocycles. The minimum absolute atomic E-state index is 0.0286. The van der Waals surface area contributed by atoms with Gasteiger partial charge in [-0.3, -0.25) is 0 Å². The van der Waals surface area contributed by atoms with Gasteiger partial charge < -0.3 is 10.3 Å². The number of aromatic amines is 1. The lowest BCUT2D eigenvalue weighted by Gasteiger charge is -2.06. The molecule has 0 aliphatic heterocycles. The molecule has 3 aromatic rings. The van der Waals surface area contributed by atoms with Gasteiger partial charge in [0.1, 0.15) is 11.6 Å². The number of rotatable bonds is 3. The van der Waals surface area contributed by atoms with Gasteiger partial charge in [-0.1, -0.05) is 0 Å². The normalized spacial score (nSPS) is 11.9. The van der Waals surface area contributed by atoms with E-state index in [1.807, 2.05) is 0 Å². The van der Waals surface area contributed by atoms with Gasteiger partial charge in [-0.2, -0.15) is 17.7 Å². The summed E-state index contributed by atoms with van der Waals surface area (Å²) in [5.74, 6) is -0.250. The summed E-state index contributed by atoms with van der Waals surface area (Å²) >= 11 is 0. The lowest BCUT2D eigenvalue weighted by atomic mass is 10.5. The van der Waals surface area contributed by atoms with Gasteiger partial charge in [0.2, 0.25) is 0 Å². The zero-order valence-electron chi connectivity index (χ0n) is 9.89. The molecular weight excluding hydrogens is 275 g/mol. The van der Waals surface area contributed by atoms with Crippen molar-refractivity contribution in [1.29, 1.82) is 0 Å². The highest BCUT2D eigenvalue weighted by Gasteiger charge is 2.37. The van der Waals surface area contributed by atoms with E-state index in [0.717, 1.165) is 0 Å². The fourth-order valence-corrected chi connectivity index (χ4v) is 1.63. The Hall–Kier alpha value is -2.65. The molecule has 104 valence electrons. The number of anilines is 1. The molecule has 0 fully saturated rings. The van der Waals surface area contributed by atoms with Crippen LogP contribution in [0, 0.1) is 0 Å². The van der Waals surface area contributed by atoms with Crippen LogP contribution in [-0.2, 0) is 12.7 Å². The number of H-pyrrole nitrogens is 1. The molecule has 0 unspecified atom stereocenters. The summed E-state index contributed by atoms with van der Waals surface area (Å²) in [6.07, 6.45) is -1.38. The molecule has 0 aliphatic carbocycles. The Labute approximate surface area is 109 Å². The van der Waals surface area contributed by atoms with Crippen LogP contribution in [0.5, 0.6) is 0 Å². The molecule has 0 radical (unpaired) electrons. The van der Waals surface area contributed by atoms with Crippen LogP contribution in [0.15, 0.2) is 24.5 Å². The van der Waals surface area contributed by atoms with Crippen LogP contribution in [0.3, 0.4) is 0 Å². The molecule has 0 spiro atoms. The van der Waals surface area contributed by atoms with Crippen LogP contribution < -0.4 is 5.32 Å². The molecule has 3 heterocycles. The zero-order chi connectivity index (χ0) is 14.2. The number of fused-ring (bicyclic) bond motifs is 1. The van der Waals surface area contributed by atoms with Gasteiger partial charge in [0.05, 0.1) is 6.54 Å². The lowest BCUT2D eigenvalue weighted by Crippen LogP contribution is -2.13. The zero-order valence-corrected chi connectivity index (χ0v) is 9.89. The second-order valence-electron chi connectivity index (χ2n) is 3.90. The lowest BCUT2D eigenvalue weighted by molar-refractivity contribution is -0.146. The van der Waals surface area contributed by atoms with Crippen molar-refractivity contribution < 1.29 is 13.2 Å². The molecule has 7 nitrogen and oxygen atoms in total. The monoisotopic (exact) mass is 283 g/mol. The number of aromatic nitrogens is 6. The van der Waals surface area contributed by atoms with Crippen LogP contribution in [0.4, 0.5) is 19.0 Å². The van der Waals surface area contributed by atoms with Crippen LogP contribution in [0.1, 0.15) is 11.6 Å². The number of hydrogen-bond donors (Lipinski definition) is 2. The molecule has 20 heavy (non-hydrogen) atoms. The van der Waals surface area contributed by atoms with Crippen molar-refractivity contribution in [2.75, 3.05) is 5.32 Å². The van der Waals surface area contributed by atoms with E-state index in [4.69, 9.17) is 0 Å². The average Bonchev–Trinajstić information content (AvgIpc) is 3.04. The number of imidazole rings is 1. The maximum atomic E-state index is 12.7. The van der Waals surface area contributed by atoms with E-state index in [0.29, 0.717) is 16.9 Å². The number of alkyl halides is 3. The first-order chi connectivity index (χ1) is 9.54. The standard InChI is InChI=1S/C10H8F3N7/c11-10(12,13)9-18-17-8-2-1-6(19-20(8)9)16-5-7-14-3-4-15-7/h1-4H,5H2,(H,14,15)(H,16,19). The smallest absolute Gasteiger partial charge is 0.361 e. The molecule has 2 N–H and O–H groups in total. The third-order valence-corrected chi connectivity index (χ3v) is 2.51. The number of halogens is 3. The second-order valence-corrected chi connectivity index (χ2v) is 3.90. The van der Waals surface area contributed by atoms with Crippen LogP contribution in [0.25, 0.3) is 5.65 Å². The van der Waals surface area contributed by atoms with E-state index in [-0.39, 0.29) is 11.5 Å². The van der Waals surface area contributed by atoms with Crippen molar-refractivity contribution >= 4 is 11.5 Å². The van der Waals surface area contributed by atoms with Crippen molar-refractivity contribution in [1.82, 2.24) is 29.8 Å². The number of nitrogens with one attached hydrogen (secondary N) is 2. The highest BCUT2D eigenvalue weighted by Crippen LogP contribution is 2.27. The van der Waals surface area contributed by atoms with E-state index in [1.165, 1.54) is 12.1 Å². The van der Waals surface area contributed by atoms with Crippen molar-refractivity contribution in [2.45, 2.75) is 12.7 Å². The van der Waals surface area contributed by atoms with E-state index >= 15 is 0 Å². The van der Waals surface area contributed by atoms with Crippen LogP contribution >= 0.6 is 0 Å². The van der Waals surface area contributed by atoms with E-state index < -0.39 is 12.0 Å². The largest absolute Gasteiger partial charge is 0.453 e. The molecule has 0 aliphatic rings. The van der Waals surface area contributed by atoms with Crippen molar-refractivity contribution in [3.63, 3.8) is 0 Å². The molecule has 0 atom stereocenters. The van der Waals surface area contributed by atoms with Crippen molar-refractivity contribution in [3.8, 4) is 0 Å². The Morgan fingerprint density at radius 2 is 2.10 bits per heavy atom. The van der Waals surface area contributed by atoms with Crippen molar-refractivity contribution in [3.05, 3.63) is 36.2 Å². The van der Waals surface area contributed by atoms with Crippen LogP contribution in [0.2, 0.25) is 0 Å². The summed E-state index contributed by atoms with van der Waals surface area (Å²) in [4.78, 5) is 6.85. The molecule has 0 saturated heterocycles. The highest BCUT2D eigenvalue weighted by molar-refractivity contribution is 5.44. The Balaban J connectivity index is 1.89. The predicted molar refractivity (Wildman–Crippen MR) is 61.7 cm³/mol. The Morgan fingerprint density at radius 1 is 1.25 bits per heavy atom. The highest BCUT2D eigenvalue weighted by atomic mass is 19.4. The Kier molecular flexibility index (Phi) is 2.77. The Bertz CT molecular complexity index is 716. The summed E-state index contributed by atoms with van der Waals surface area (Å²) in [7, 11) is 0. The molecule has 3 rings (SSSR count). The van der Waals surface area contributed by atoms with Gasteiger partial charge in [0.15, 0.2) is 5.65 Å². The first-order valence-electron chi connectivity index (χ1n) is 5.56. The van der Waals surface area contributed by atoms with Gasteiger partial charge >= 0.3 is 6.18 Å². The summed E-state index contributed by atoms with van der Waals surface area (Å²) in [6, 6.07) is 2.92. The quantitative estimate of drug-likeness (QED) is 0.760. The van der Waals surface area contributed by atoms with E-state index in [1.54, 1.807) is 12.4 Å². The molecular formula is C10H8F3N7. The molecule has 0 amide bonds. The summed E-state index contributed by atoms with van der Waals surface area (Å²) in [5, 5.41) is 13.2. The van der Waals surface area contributed by atoms with Crippen molar-refractivity contribution in [2.24, 2.45) is 0 Å². The molecule has 0 bridgehead atoms. The van der Waals surface area contributed by atoms with Crippen LogP contribution in [-0.4, -0.2) is 29.8 Å². The van der Waals surface area contributed by atoms with Gasteiger partial charge in [-0.15, -0.1) is 15.3 Å². The first kappa shape index (κ1) is 12.4. The third kappa shape index (κ3) is 2.27. The van der Waals surface area contributed by atoms with Gasteiger partial charge in [0, 0.05) is 12.4 Å². The molecule has 3 aromatic heterocycles. The second kappa shape index (κ2) is 4.47. The topological polar surface area (TPSA) is 83.8 Å². The number of nitrogens with zero attached hydrogens (tertiary/aromatic N) is 5. The maximum Gasteiger partial charge on any atom is 0.453 e. The maximum absolute atomic E-state index is 12.7. The van der Waals surface area contributed by atoms with E-state index in [9.17, 15) is 13.2 Å². The summed E-state index contributed by atoms with van der Waals surface area (Å²) in [5.41, 5.74) is 0.0286. The predicted octanol–water partition coefficient (Wildman–Crippen LogP) is 1.48. The molecule has 0 saturated carbocycles. The third-order valence-electron chi connectivity index (χ3n) is 2.51. The fraction of sp³-hybridized carbons (Fsp3) is 0.200.